The van der Waals surface area contributed by atoms with Crippen LogP contribution in [0.3, 0.4) is 0 Å². The summed E-state index contributed by atoms with van der Waals surface area (Å²) in [5.74, 6) is -0.710. The fourth-order valence-electron chi connectivity index (χ4n) is 1.08. The summed E-state index contributed by atoms with van der Waals surface area (Å²) >= 11 is 0. The number of nitrogens with two attached hydrogens (primary N) is 1. The molecule has 0 bridgehead atoms. The van der Waals surface area contributed by atoms with Crippen LogP contribution in [0.15, 0.2) is 0 Å². The van der Waals surface area contributed by atoms with Gasteiger partial charge in [-0.25, -0.2) is 4.79 Å². The molecule has 0 aromatic rings. The van der Waals surface area contributed by atoms with Gasteiger partial charge in [-0.2, -0.15) is 0 Å². The minimum Gasteiger partial charge on any atom is -0.469 e. The Morgan fingerprint density at radius 2 is 2.00 bits per heavy atom. The van der Waals surface area contributed by atoms with Crippen molar-refractivity contribution in [2.75, 3.05) is 20.7 Å². The number of ether oxygens (including phenoxy) is 1. The summed E-state index contributed by atoms with van der Waals surface area (Å²) in [4.78, 5) is 34.3. The number of likely N-dealkylation sites (N-methyl/N-ethyl adjacent to an activating group) is 1. The number of hydrogen-bond acceptors (Lipinski definition) is 4. The monoisotopic (exact) mass is 231 g/mol. The minimum absolute atomic E-state index is 0.113. The van der Waals surface area contributed by atoms with E-state index >= 15 is 0 Å². The Bertz CT molecular complexity index is 280. The predicted molar refractivity (Wildman–Crippen MR) is 56.5 cm³/mol. The average molecular weight is 231 g/mol. The second kappa shape index (κ2) is 6.65. The summed E-state index contributed by atoms with van der Waals surface area (Å²) in [7, 11) is 2.81. The van der Waals surface area contributed by atoms with E-state index in [2.05, 4.69) is 10.1 Å². The molecule has 0 aliphatic rings. The van der Waals surface area contributed by atoms with Crippen molar-refractivity contribution in [2.24, 2.45) is 5.73 Å². The zero-order valence-electron chi connectivity index (χ0n) is 9.65. The molecule has 7 nitrogen and oxygen atoms in total. The van der Waals surface area contributed by atoms with Crippen molar-refractivity contribution in [1.29, 1.82) is 0 Å². The molecule has 92 valence electrons. The number of esters is 1. The lowest BCUT2D eigenvalue weighted by molar-refractivity contribution is -0.141. The summed E-state index contributed by atoms with van der Waals surface area (Å²) in [6, 6.07) is -1.47. The Balaban J connectivity index is 4.07. The van der Waals surface area contributed by atoms with E-state index in [1.807, 2.05) is 0 Å². The van der Waals surface area contributed by atoms with Crippen LogP contribution in [-0.2, 0) is 14.3 Å². The van der Waals surface area contributed by atoms with Gasteiger partial charge in [-0.15, -0.1) is 0 Å². The lowest BCUT2D eigenvalue weighted by Crippen LogP contribution is -2.47. The Hall–Kier alpha value is -1.79. The van der Waals surface area contributed by atoms with Gasteiger partial charge in [0.05, 0.1) is 13.5 Å². The van der Waals surface area contributed by atoms with E-state index in [4.69, 9.17) is 5.73 Å². The summed E-state index contributed by atoms with van der Waals surface area (Å²) in [5, 5.41) is 2.26. The highest BCUT2D eigenvalue weighted by Gasteiger charge is 2.18. The van der Waals surface area contributed by atoms with Gasteiger partial charge in [0, 0.05) is 13.6 Å². The molecule has 0 saturated carbocycles. The van der Waals surface area contributed by atoms with Crippen LogP contribution in [0.5, 0.6) is 0 Å². The van der Waals surface area contributed by atoms with Crippen LogP contribution < -0.4 is 11.1 Å². The SMILES string of the molecule is COC(=O)CCN(C)C(=O)C(C)NC(N)=O. The van der Waals surface area contributed by atoms with Crippen LogP contribution in [0.1, 0.15) is 13.3 Å². The molecule has 0 saturated heterocycles. The molecule has 0 aliphatic heterocycles. The van der Waals surface area contributed by atoms with E-state index in [0.717, 1.165) is 0 Å². The fraction of sp³-hybridized carbons (Fsp3) is 0.667. The van der Waals surface area contributed by atoms with Gasteiger partial charge < -0.3 is 20.7 Å². The van der Waals surface area contributed by atoms with Gasteiger partial charge in [0.25, 0.3) is 0 Å². The van der Waals surface area contributed by atoms with Crippen molar-refractivity contribution in [3.05, 3.63) is 0 Å². The first-order valence-electron chi connectivity index (χ1n) is 4.76. The van der Waals surface area contributed by atoms with E-state index in [0.29, 0.717) is 0 Å². The molecule has 0 aliphatic carbocycles. The normalized spacial score (nSPS) is 11.4. The highest BCUT2D eigenvalue weighted by Crippen LogP contribution is 1.95. The van der Waals surface area contributed by atoms with Crippen LogP contribution in [-0.4, -0.2) is 49.6 Å². The lowest BCUT2D eigenvalue weighted by atomic mass is 10.3. The third-order valence-corrected chi connectivity index (χ3v) is 1.98. The Labute approximate surface area is 93.9 Å². The second-order valence-corrected chi connectivity index (χ2v) is 3.32. The summed E-state index contributed by atoms with van der Waals surface area (Å²) in [6.45, 7) is 1.75. The van der Waals surface area contributed by atoms with Crippen molar-refractivity contribution >= 4 is 17.9 Å². The number of primary amides is 1. The maximum atomic E-state index is 11.6. The fourth-order valence-corrected chi connectivity index (χ4v) is 1.08. The molecule has 0 heterocycles. The molecule has 0 spiro atoms. The predicted octanol–water partition coefficient (Wildman–Crippen LogP) is -0.935. The van der Waals surface area contributed by atoms with Gasteiger partial charge in [0.15, 0.2) is 0 Å². The van der Waals surface area contributed by atoms with Gasteiger partial charge >= 0.3 is 12.0 Å². The van der Waals surface area contributed by atoms with Gasteiger partial charge in [-0.05, 0) is 6.92 Å². The van der Waals surface area contributed by atoms with Crippen LogP contribution >= 0.6 is 0 Å². The number of urea groups is 1. The summed E-state index contributed by atoms with van der Waals surface area (Å²) in [6.07, 6.45) is 0.113. The quantitative estimate of drug-likeness (QED) is 0.596. The van der Waals surface area contributed by atoms with Crippen LogP contribution in [0, 0.1) is 0 Å². The molecule has 0 fully saturated rings. The average Bonchev–Trinajstić information content (AvgIpc) is 2.23. The number of nitrogens with one attached hydrogen (secondary N) is 1. The molecule has 3 amide bonds. The highest BCUT2D eigenvalue weighted by molar-refractivity contribution is 5.86. The molecule has 7 heteroatoms. The Morgan fingerprint density at radius 1 is 1.44 bits per heavy atom. The number of carbonyl (C=O) groups excluding carboxylic acids is 3. The van der Waals surface area contributed by atoms with Gasteiger partial charge in [0.2, 0.25) is 5.91 Å². The molecule has 1 atom stereocenters. The van der Waals surface area contributed by atoms with Gasteiger partial charge in [-0.3, -0.25) is 9.59 Å². The highest BCUT2D eigenvalue weighted by atomic mass is 16.5. The Morgan fingerprint density at radius 3 is 2.44 bits per heavy atom. The van der Waals surface area contributed by atoms with E-state index < -0.39 is 18.0 Å². The number of carbonyl (C=O) groups is 3. The topological polar surface area (TPSA) is 102 Å². The first kappa shape index (κ1) is 14.2. The maximum Gasteiger partial charge on any atom is 0.312 e. The molecule has 16 heavy (non-hydrogen) atoms. The third-order valence-electron chi connectivity index (χ3n) is 1.98. The Kier molecular flexibility index (Phi) is 5.91. The van der Waals surface area contributed by atoms with E-state index in [1.165, 1.54) is 26.0 Å². The van der Waals surface area contributed by atoms with Crippen LogP contribution in [0.25, 0.3) is 0 Å². The molecule has 0 aromatic heterocycles. The van der Waals surface area contributed by atoms with Crippen LogP contribution in [0.2, 0.25) is 0 Å². The largest absolute Gasteiger partial charge is 0.469 e. The lowest BCUT2D eigenvalue weighted by Gasteiger charge is -2.20. The number of methoxy groups -OCH3 is 1. The van der Waals surface area contributed by atoms with Crippen molar-refractivity contribution in [1.82, 2.24) is 10.2 Å². The van der Waals surface area contributed by atoms with Crippen LogP contribution in [0.4, 0.5) is 4.79 Å². The molecule has 0 aromatic carbocycles. The first-order chi connectivity index (χ1) is 7.38. The number of amides is 3. The van der Waals surface area contributed by atoms with Gasteiger partial charge in [-0.1, -0.05) is 0 Å². The molecular formula is C9H17N3O4. The molecule has 0 rings (SSSR count). The van der Waals surface area contributed by atoms with E-state index in [1.54, 1.807) is 0 Å². The number of hydrogen-bond donors (Lipinski definition) is 2. The first-order valence-corrected chi connectivity index (χ1v) is 4.76. The van der Waals surface area contributed by atoms with Crippen molar-refractivity contribution < 1.29 is 19.1 Å². The molecule has 3 N–H and O–H groups in total. The maximum absolute atomic E-state index is 11.6. The van der Waals surface area contributed by atoms with Crippen molar-refractivity contribution in [3.63, 3.8) is 0 Å². The zero-order chi connectivity index (χ0) is 12.7. The molecule has 0 radical (unpaired) electrons. The standard InChI is InChI=1S/C9H17N3O4/c1-6(11-9(10)15)8(14)12(2)5-4-7(13)16-3/h6H,4-5H2,1-3H3,(H3,10,11,15). The molecular weight excluding hydrogens is 214 g/mol. The number of rotatable bonds is 5. The van der Waals surface area contributed by atoms with Gasteiger partial charge in [0.1, 0.15) is 6.04 Å². The van der Waals surface area contributed by atoms with Crippen molar-refractivity contribution in [2.45, 2.75) is 19.4 Å². The minimum atomic E-state index is -0.762. The summed E-state index contributed by atoms with van der Waals surface area (Å²) < 4.78 is 4.44. The molecule has 1 unspecified atom stereocenters. The van der Waals surface area contributed by atoms with E-state index in [-0.39, 0.29) is 18.9 Å². The zero-order valence-corrected chi connectivity index (χ0v) is 9.65. The van der Waals surface area contributed by atoms with Crippen molar-refractivity contribution in [3.8, 4) is 0 Å². The second-order valence-electron chi connectivity index (χ2n) is 3.32. The summed E-state index contributed by atoms with van der Waals surface area (Å²) in [5.41, 5.74) is 4.88. The third kappa shape index (κ3) is 5.18. The smallest absolute Gasteiger partial charge is 0.312 e. The van der Waals surface area contributed by atoms with E-state index in [9.17, 15) is 14.4 Å². The number of nitrogens with zero attached hydrogens (tertiary/aromatic N) is 1.